The standard InChI is InChI=1S/C10H21N3S/c1-9(2)8-13-10(11)12-6-4-5-7-14-3/h1,4-8H2,2-3H3,(H3,11,12,13). The SMILES string of the molecule is C=C(C)CN=C(N)NCCCCSC. The van der Waals surface area contributed by atoms with E-state index in [0.717, 1.165) is 18.5 Å². The Labute approximate surface area is 91.2 Å². The van der Waals surface area contributed by atoms with Crippen molar-refractivity contribution in [2.75, 3.05) is 25.1 Å². The molecule has 0 aromatic carbocycles. The number of hydrogen-bond acceptors (Lipinski definition) is 2. The van der Waals surface area contributed by atoms with E-state index in [1.165, 1.54) is 12.2 Å². The molecule has 0 aliphatic rings. The predicted molar refractivity (Wildman–Crippen MR) is 66.9 cm³/mol. The summed E-state index contributed by atoms with van der Waals surface area (Å²) >= 11 is 1.87. The summed E-state index contributed by atoms with van der Waals surface area (Å²) < 4.78 is 0. The van der Waals surface area contributed by atoms with Gasteiger partial charge in [-0.3, -0.25) is 0 Å². The van der Waals surface area contributed by atoms with Crippen molar-refractivity contribution >= 4 is 17.7 Å². The molecule has 0 aliphatic heterocycles. The fourth-order valence-electron chi connectivity index (χ4n) is 0.864. The van der Waals surface area contributed by atoms with Crippen molar-refractivity contribution in [3.05, 3.63) is 12.2 Å². The molecule has 0 unspecified atom stereocenters. The summed E-state index contributed by atoms with van der Waals surface area (Å²) in [6, 6.07) is 0. The maximum absolute atomic E-state index is 5.63. The molecule has 0 bridgehead atoms. The second-order valence-electron chi connectivity index (χ2n) is 3.29. The lowest BCUT2D eigenvalue weighted by atomic mass is 10.3. The smallest absolute Gasteiger partial charge is 0.188 e. The molecule has 0 spiro atoms. The first kappa shape index (κ1) is 13.4. The van der Waals surface area contributed by atoms with Crippen LogP contribution in [0, 0.1) is 0 Å². The molecule has 3 N–H and O–H groups in total. The highest BCUT2D eigenvalue weighted by atomic mass is 32.2. The van der Waals surface area contributed by atoms with Crippen LogP contribution < -0.4 is 11.1 Å². The third-order valence-corrected chi connectivity index (χ3v) is 2.30. The van der Waals surface area contributed by atoms with Gasteiger partial charge in [0, 0.05) is 6.54 Å². The number of aliphatic imine (C=N–C) groups is 1. The molecule has 0 saturated carbocycles. The van der Waals surface area contributed by atoms with E-state index in [1.54, 1.807) is 0 Å². The molecule has 0 aromatic heterocycles. The Morgan fingerprint density at radius 1 is 1.50 bits per heavy atom. The minimum Gasteiger partial charge on any atom is -0.370 e. The van der Waals surface area contributed by atoms with Crippen LogP contribution in [0.15, 0.2) is 17.1 Å². The van der Waals surface area contributed by atoms with Crippen LogP contribution in [0.5, 0.6) is 0 Å². The normalized spacial score (nSPS) is 11.4. The monoisotopic (exact) mass is 215 g/mol. The minimum absolute atomic E-state index is 0.525. The summed E-state index contributed by atoms with van der Waals surface area (Å²) in [7, 11) is 0. The molecule has 14 heavy (non-hydrogen) atoms. The summed E-state index contributed by atoms with van der Waals surface area (Å²) in [5, 5.41) is 3.07. The third-order valence-electron chi connectivity index (χ3n) is 1.60. The number of hydrogen-bond donors (Lipinski definition) is 2. The molecule has 0 radical (unpaired) electrons. The molecule has 0 heterocycles. The van der Waals surface area contributed by atoms with E-state index in [4.69, 9.17) is 5.73 Å². The lowest BCUT2D eigenvalue weighted by Crippen LogP contribution is -2.32. The number of nitrogens with zero attached hydrogens (tertiary/aromatic N) is 1. The summed E-state index contributed by atoms with van der Waals surface area (Å²) in [5.41, 5.74) is 6.65. The van der Waals surface area contributed by atoms with Crippen LogP contribution in [0.4, 0.5) is 0 Å². The van der Waals surface area contributed by atoms with Gasteiger partial charge in [0.05, 0.1) is 6.54 Å². The van der Waals surface area contributed by atoms with E-state index >= 15 is 0 Å². The minimum atomic E-state index is 0.525. The van der Waals surface area contributed by atoms with Crippen molar-refractivity contribution < 1.29 is 0 Å². The Balaban J connectivity index is 3.38. The van der Waals surface area contributed by atoms with Crippen molar-refractivity contribution in [2.24, 2.45) is 10.7 Å². The Kier molecular flexibility index (Phi) is 8.53. The molecule has 0 aliphatic carbocycles. The summed E-state index contributed by atoms with van der Waals surface area (Å²) in [6.45, 7) is 7.22. The summed E-state index contributed by atoms with van der Waals surface area (Å²) in [4.78, 5) is 4.12. The van der Waals surface area contributed by atoms with Gasteiger partial charge in [-0.25, -0.2) is 4.99 Å². The van der Waals surface area contributed by atoms with Crippen LogP contribution in [-0.4, -0.2) is 31.1 Å². The van der Waals surface area contributed by atoms with E-state index < -0.39 is 0 Å². The fraction of sp³-hybridized carbons (Fsp3) is 0.700. The number of nitrogens with one attached hydrogen (secondary N) is 1. The van der Waals surface area contributed by atoms with E-state index in [0.29, 0.717) is 12.5 Å². The quantitative estimate of drug-likeness (QED) is 0.294. The first-order valence-electron chi connectivity index (χ1n) is 4.84. The van der Waals surface area contributed by atoms with Gasteiger partial charge in [0.15, 0.2) is 5.96 Å². The first-order chi connectivity index (χ1) is 6.66. The van der Waals surface area contributed by atoms with Gasteiger partial charge in [0.25, 0.3) is 0 Å². The van der Waals surface area contributed by atoms with Gasteiger partial charge in [-0.1, -0.05) is 12.2 Å². The van der Waals surface area contributed by atoms with Gasteiger partial charge in [0.1, 0.15) is 0 Å². The second kappa shape index (κ2) is 8.94. The van der Waals surface area contributed by atoms with Gasteiger partial charge < -0.3 is 11.1 Å². The average Bonchev–Trinajstić information content (AvgIpc) is 2.14. The Bertz CT molecular complexity index is 190. The highest BCUT2D eigenvalue weighted by molar-refractivity contribution is 7.98. The van der Waals surface area contributed by atoms with Crippen LogP contribution in [0.2, 0.25) is 0 Å². The number of guanidine groups is 1. The van der Waals surface area contributed by atoms with Crippen molar-refractivity contribution in [1.82, 2.24) is 5.32 Å². The van der Waals surface area contributed by atoms with Crippen molar-refractivity contribution in [3.63, 3.8) is 0 Å². The molecule has 82 valence electrons. The van der Waals surface area contributed by atoms with E-state index in [2.05, 4.69) is 23.1 Å². The molecule has 0 rings (SSSR count). The van der Waals surface area contributed by atoms with Crippen molar-refractivity contribution in [2.45, 2.75) is 19.8 Å². The van der Waals surface area contributed by atoms with Crippen LogP contribution in [0.25, 0.3) is 0 Å². The molecule has 0 fully saturated rings. The van der Waals surface area contributed by atoms with Gasteiger partial charge in [-0.15, -0.1) is 0 Å². The zero-order valence-corrected chi connectivity index (χ0v) is 9.99. The summed E-state index contributed by atoms with van der Waals surface area (Å²) in [6.07, 6.45) is 4.49. The number of nitrogens with two attached hydrogens (primary N) is 1. The zero-order valence-electron chi connectivity index (χ0n) is 9.18. The largest absolute Gasteiger partial charge is 0.370 e. The van der Waals surface area contributed by atoms with Gasteiger partial charge in [-0.05, 0) is 31.8 Å². The Hall–Kier alpha value is -0.640. The number of unbranched alkanes of at least 4 members (excludes halogenated alkanes) is 1. The van der Waals surface area contributed by atoms with Crippen LogP contribution in [-0.2, 0) is 0 Å². The highest BCUT2D eigenvalue weighted by Crippen LogP contribution is 1.97. The van der Waals surface area contributed by atoms with E-state index in [9.17, 15) is 0 Å². The molecule has 0 atom stereocenters. The third kappa shape index (κ3) is 9.45. The molecular formula is C10H21N3S. The maximum atomic E-state index is 5.63. The average molecular weight is 215 g/mol. The van der Waals surface area contributed by atoms with Crippen molar-refractivity contribution in [3.8, 4) is 0 Å². The predicted octanol–water partition coefficient (Wildman–Crippen LogP) is 1.61. The lowest BCUT2D eigenvalue weighted by molar-refractivity contribution is 0.755. The van der Waals surface area contributed by atoms with Gasteiger partial charge in [-0.2, -0.15) is 11.8 Å². The highest BCUT2D eigenvalue weighted by Gasteiger charge is 1.91. The molecule has 0 aromatic rings. The number of thioether (sulfide) groups is 1. The van der Waals surface area contributed by atoms with E-state index in [-0.39, 0.29) is 0 Å². The zero-order chi connectivity index (χ0) is 10.8. The fourth-order valence-corrected chi connectivity index (χ4v) is 1.36. The molecule has 0 amide bonds. The van der Waals surface area contributed by atoms with Crippen LogP contribution in [0.3, 0.4) is 0 Å². The van der Waals surface area contributed by atoms with Crippen LogP contribution in [0.1, 0.15) is 19.8 Å². The molecule has 4 heteroatoms. The second-order valence-corrected chi connectivity index (χ2v) is 4.27. The Morgan fingerprint density at radius 2 is 2.21 bits per heavy atom. The molecule has 3 nitrogen and oxygen atoms in total. The molecule has 0 saturated heterocycles. The molecular weight excluding hydrogens is 194 g/mol. The Morgan fingerprint density at radius 3 is 2.79 bits per heavy atom. The first-order valence-corrected chi connectivity index (χ1v) is 6.23. The van der Waals surface area contributed by atoms with E-state index in [1.807, 2.05) is 18.7 Å². The summed E-state index contributed by atoms with van der Waals surface area (Å²) in [5.74, 6) is 1.74. The van der Waals surface area contributed by atoms with Crippen LogP contribution >= 0.6 is 11.8 Å². The van der Waals surface area contributed by atoms with Gasteiger partial charge >= 0.3 is 0 Å². The van der Waals surface area contributed by atoms with Crippen molar-refractivity contribution in [1.29, 1.82) is 0 Å². The lowest BCUT2D eigenvalue weighted by Gasteiger charge is -2.04. The number of rotatable bonds is 7. The van der Waals surface area contributed by atoms with Gasteiger partial charge in [0.2, 0.25) is 0 Å². The maximum Gasteiger partial charge on any atom is 0.188 e. The topological polar surface area (TPSA) is 50.4 Å².